The summed E-state index contributed by atoms with van der Waals surface area (Å²) >= 11 is 0. The van der Waals surface area contributed by atoms with Crippen LogP contribution in [-0.2, 0) is 11.2 Å². The molecule has 3 heteroatoms. The van der Waals surface area contributed by atoms with Gasteiger partial charge in [-0.15, -0.1) is 0 Å². The summed E-state index contributed by atoms with van der Waals surface area (Å²) in [5, 5.41) is 8.58. The van der Waals surface area contributed by atoms with Crippen molar-refractivity contribution in [1.82, 2.24) is 0 Å². The molecule has 1 rings (SSSR count). The summed E-state index contributed by atoms with van der Waals surface area (Å²) in [6.45, 7) is 2.05. The highest BCUT2D eigenvalue weighted by molar-refractivity contribution is 5.81. The Morgan fingerprint density at radius 3 is 3.07 bits per heavy atom. The lowest BCUT2D eigenvalue weighted by atomic mass is 10.1. The second-order valence-corrected chi connectivity index (χ2v) is 2.87. The van der Waals surface area contributed by atoms with Crippen LogP contribution in [0.15, 0.2) is 18.2 Å². The van der Waals surface area contributed by atoms with E-state index in [4.69, 9.17) is 9.84 Å². The Labute approximate surface area is 83.3 Å². The molecule has 0 fully saturated rings. The van der Waals surface area contributed by atoms with Crippen molar-refractivity contribution in [1.29, 1.82) is 0 Å². The van der Waals surface area contributed by atoms with Gasteiger partial charge in [0, 0.05) is 12.5 Å². The first-order chi connectivity index (χ1) is 6.76. The molecular weight excluding hydrogens is 180 g/mol. The first kappa shape index (κ1) is 10.7. The van der Waals surface area contributed by atoms with Crippen LogP contribution >= 0.6 is 0 Å². The molecule has 1 radical (unpaired) electrons. The van der Waals surface area contributed by atoms with Gasteiger partial charge in [0.25, 0.3) is 0 Å². The highest BCUT2D eigenvalue weighted by Crippen LogP contribution is 2.12. The van der Waals surface area contributed by atoms with Gasteiger partial charge in [0.1, 0.15) is 12.4 Å². The van der Waals surface area contributed by atoms with E-state index in [2.05, 4.69) is 6.07 Å². The monoisotopic (exact) mass is 193 g/mol. The number of aliphatic hydroxyl groups is 1. The largest absolute Gasteiger partial charge is 0.493 e. The molecule has 0 aliphatic heterocycles. The number of hydrogen-bond donors (Lipinski definition) is 1. The maximum absolute atomic E-state index is 10.9. The number of ketones is 1. The van der Waals surface area contributed by atoms with Gasteiger partial charge in [0.2, 0.25) is 0 Å². The van der Waals surface area contributed by atoms with Crippen molar-refractivity contribution in [2.75, 3.05) is 13.2 Å². The van der Waals surface area contributed by atoms with Gasteiger partial charge >= 0.3 is 0 Å². The van der Waals surface area contributed by atoms with Crippen LogP contribution in [0.25, 0.3) is 0 Å². The maximum Gasteiger partial charge on any atom is 0.162 e. The number of hydrogen-bond acceptors (Lipinski definition) is 3. The summed E-state index contributed by atoms with van der Waals surface area (Å²) in [5.74, 6) is 0.439. The van der Waals surface area contributed by atoms with Gasteiger partial charge in [-0.1, -0.05) is 12.1 Å². The Morgan fingerprint density at radius 2 is 2.43 bits per heavy atom. The van der Waals surface area contributed by atoms with Crippen molar-refractivity contribution in [2.24, 2.45) is 0 Å². The lowest BCUT2D eigenvalue weighted by Crippen LogP contribution is -2.07. The van der Waals surface area contributed by atoms with Crippen molar-refractivity contribution in [2.45, 2.75) is 13.3 Å². The second-order valence-electron chi connectivity index (χ2n) is 2.87. The zero-order valence-electron chi connectivity index (χ0n) is 8.12. The molecule has 0 aromatic heterocycles. The molecule has 0 aliphatic carbocycles. The van der Waals surface area contributed by atoms with Gasteiger partial charge < -0.3 is 9.84 Å². The molecular formula is C11H13O3. The summed E-state index contributed by atoms with van der Waals surface area (Å²) < 4.78 is 5.23. The number of rotatable bonds is 5. The fourth-order valence-electron chi connectivity index (χ4n) is 1.12. The normalized spacial score (nSPS) is 9.86. The van der Waals surface area contributed by atoms with Crippen molar-refractivity contribution < 1.29 is 14.6 Å². The van der Waals surface area contributed by atoms with E-state index in [1.54, 1.807) is 18.2 Å². The van der Waals surface area contributed by atoms with E-state index in [-0.39, 0.29) is 12.2 Å². The predicted molar refractivity (Wildman–Crippen MR) is 52.2 cm³/mol. The lowest BCUT2D eigenvalue weighted by Gasteiger charge is -2.04. The minimum absolute atomic E-state index is 0.196. The van der Waals surface area contributed by atoms with Gasteiger partial charge in [-0.25, -0.2) is 0 Å². The average molecular weight is 193 g/mol. The van der Waals surface area contributed by atoms with E-state index < -0.39 is 6.61 Å². The van der Waals surface area contributed by atoms with Gasteiger partial charge in [-0.05, 0) is 18.6 Å². The topological polar surface area (TPSA) is 46.5 Å². The Hall–Kier alpha value is -1.35. The molecule has 1 aromatic rings. The molecule has 75 valence electrons. The van der Waals surface area contributed by atoms with Crippen LogP contribution in [0.3, 0.4) is 0 Å². The first-order valence-corrected chi connectivity index (χ1v) is 4.52. The molecule has 0 atom stereocenters. The van der Waals surface area contributed by atoms with E-state index in [0.29, 0.717) is 12.4 Å². The number of benzene rings is 1. The van der Waals surface area contributed by atoms with Gasteiger partial charge in [0.15, 0.2) is 5.78 Å². The summed E-state index contributed by atoms with van der Waals surface area (Å²) in [6.07, 6.45) is 0.241. The van der Waals surface area contributed by atoms with Crippen LogP contribution in [0.1, 0.15) is 12.5 Å². The molecule has 0 saturated heterocycles. The van der Waals surface area contributed by atoms with Crippen molar-refractivity contribution in [3.05, 3.63) is 29.8 Å². The number of ether oxygens (including phenoxy) is 1. The minimum atomic E-state index is -0.414. The Kier molecular flexibility index (Phi) is 4.13. The third-order valence-electron chi connectivity index (χ3n) is 1.72. The van der Waals surface area contributed by atoms with Crippen molar-refractivity contribution in [3.8, 4) is 5.75 Å². The fourth-order valence-corrected chi connectivity index (χ4v) is 1.12. The highest BCUT2D eigenvalue weighted by atomic mass is 16.5. The SMILES string of the molecule is CCOc1[c]ccc(CC(=O)CO)c1. The molecule has 1 N–H and O–H groups in total. The molecule has 14 heavy (non-hydrogen) atoms. The van der Waals surface area contributed by atoms with Crippen LogP contribution in [0.2, 0.25) is 0 Å². The van der Waals surface area contributed by atoms with Crippen LogP contribution < -0.4 is 4.74 Å². The van der Waals surface area contributed by atoms with E-state index in [9.17, 15) is 4.79 Å². The standard InChI is InChI=1S/C11H13O3/c1-2-14-11-5-3-4-9(7-11)6-10(13)8-12/h3-4,7,12H,2,6,8H2,1H3. The molecule has 0 saturated carbocycles. The molecule has 1 aromatic carbocycles. The zero-order valence-corrected chi connectivity index (χ0v) is 8.12. The smallest absolute Gasteiger partial charge is 0.162 e. The number of Topliss-reactive ketones (excluding diaryl/α,β-unsaturated/α-hetero) is 1. The van der Waals surface area contributed by atoms with E-state index in [1.807, 2.05) is 6.92 Å². The minimum Gasteiger partial charge on any atom is -0.493 e. The number of aliphatic hydroxyl groups excluding tert-OH is 1. The third kappa shape index (κ3) is 3.18. The molecule has 0 amide bonds. The van der Waals surface area contributed by atoms with Crippen LogP contribution in [0.5, 0.6) is 5.75 Å². The molecule has 0 unspecified atom stereocenters. The number of carbonyl (C=O) groups excluding carboxylic acids is 1. The molecule has 0 aliphatic rings. The molecule has 3 nitrogen and oxygen atoms in total. The molecule has 0 spiro atoms. The molecule has 0 bridgehead atoms. The fraction of sp³-hybridized carbons (Fsp3) is 0.364. The first-order valence-electron chi connectivity index (χ1n) is 4.52. The third-order valence-corrected chi connectivity index (χ3v) is 1.72. The van der Waals surface area contributed by atoms with Crippen LogP contribution in [0.4, 0.5) is 0 Å². The second kappa shape index (κ2) is 5.40. The van der Waals surface area contributed by atoms with E-state index >= 15 is 0 Å². The van der Waals surface area contributed by atoms with Crippen LogP contribution in [-0.4, -0.2) is 24.1 Å². The number of carbonyl (C=O) groups is 1. The summed E-state index contributed by atoms with van der Waals surface area (Å²) in [4.78, 5) is 10.9. The summed E-state index contributed by atoms with van der Waals surface area (Å²) in [6, 6.07) is 8.17. The lowest BCUT2D eigenvalue weighted by molar-refractivity contribution is -0.121. The van der Waals surface area contributed by atoms with Crippen molar-refractivity contribution >= 4 is 5.78 Å². The summed E-state index contributed by atoms with van der Waals surface area (Å²) in [7, 11) is 0. The van der Waals surface area contributed by atoms with Gasteiger partial charge in [0.05, 0.1) is 6.61 Å². The van der Waals surface area contributed by atoms with Gasteiger partial charge in [-0.2, -0.15) is 0 Å². The van der Waals surface area contributed by atoms with E-state index in [1.165, 1.54) is 0 Å². The zero-order chi connectivity index (χ0) is 10.4. The average Bonchev–Trinajstić information content (AvgIpc) is 2.19. The van der Waals surface area contributed by atoms with Crippen LogP contribution in [0, 0.1) is 6.07 Å². The van der Waals surface area contributed by atoms with E-state index in [0.717, 1.165) is 5.56 Å². The quantitative estimate of drug-likeness (QED) is 0.758. The Balaban J connectivity index is 2.68. The molecule has 0 heterocycles. The predicted octanol–water partition coefficient (Wildman–Crippen LogP) is 0.989. The Bertz CT molecular complexity index is 307. The maximum atomic E-state index is 10.9. The highest BCUT2D eigenvalue weighted by Gasteiger charge is 2.02. The summed E-state index contributed by atoms with van der Waals surface area (Å²) in [5.41, 5.74) is 0.839. The Morgan fingerprint density at radius 1 is 1.64 bits per heavy atom. The van der Waals surface area contributed by atoms with Gasteiger partial charge in [-0.3, -0.25) is 4.79 Å². The van der Waals surface area contributed by atoms with Crippen molar-refractivity contribution in [3.63, 3.8) is 0 Å².